The summed E-state index contributed by atoms with van der Waals surface area (Å²) in [6.07, 6.45) is 0.902. The highest BCUT2D eigenvalue weighted by atomic mass is 16.3. The Balaban J connectivity index is 2.10. The fourth-order valence-electron chi connectivity index (χ4n) is 4.09. The minimum Gasteiger partial charge on any atom is -0.380 e. The molecule has 0 aliphatic heterocycles. The molecule has 3 rings (SSSR count). The Labute approximate surface area is 185 Å². The summed E-state index contributed by atoms with van der Waals surface area (Å²) in [7, 11) is 0. The molecule has 0 fully saturated rings. The Morgan fingerprint density at radius 3 is 2.19 bits per heavy atom. The smallest absolute Gasteiger partial charge is 0.243 e. The van der Waals surface area contributed by atoms with Gasteiger partial charge in [-0.25, -0.2) is 4.98 Å². The van der Waals surface area contributed by atoms with Crippen LogP contribution < -0.4 is 0 Å². The molecule has 0 saturated heterocycles. The maximum absolute atomic E-state index is 13.5. The van der Waals surface area contributed by atoms with Gasteiger partial charge >= 0.3 is 0 Å². The first-order valence-corrected chi connectivity index (χ1v) is 11.3. The van der Waals surface area contributed by atoms with E-state index in [4.69, 9.17) is 4.98 Å². The van der Waals surface area contributed by atoms with Crippen molar-refractivity contribution in [3.8, 4) is 0 Å². The van der Waals surface area contributed by atoms with Gasteiger partial charge in [0.25, 0.3) is 0 Å². The Kier molecular flexibility index (Phi) is 7.16. The van der Waals surface area contributed by atoms with Crippen molar-refractivity contribution >= 4 is 16.9 Å². The number of hydrogen-bond donors (Lipinski definition) is 1. The molecular weight excluding hydrogens is 386 g/mol. The van der Waals surface area contributed by atoms with Gasteiger partial charge < -0.3 is 14.6 Å². The molecule has 0 bridgehead atoms. The third kappa shape index (κ3) is 4.67. The molecule has 0 aliphatic rings. The summed E-state index contributed by atoms with van der Waals surface area (Å²) in [6.45, 7) is 12.7. The van der Waals surface area contributed by atoms with Gasteiger partial charge in [-0.2, -0.15) is 0 Å². The first kappa shape index (κ1) is 23.0. The van der Waals surface area contributed by atoms with Crippen molar-refractivity contribution in [2.24, 2.45) is 0 Å². The van der Waals surface area contributed by atoms with Gasteiger partial charge in [0, 0.05) is 12.1 Å². The van der Waals surface area contributed by atoms with Crippen LogP contribution in [-0.4, -0.2) is 37.5 Å². The molecule has 0 saturated carbocycles. The number of imidazole rings is 1. The second kappa shape index (κ2) is 9.65. The minimum atomic E-state index is -0.900. The average molecular weight is 422 g/mol. The van der Waals surface area contributed by atoms with E-state index in [-0.39, 0.29) is 24.5 Å². The molecule has 3 aromatic rings. The number of aromatic nitrogens is 2. The molecule has 0 aliphatic carbocycles. The third-order valence-electron chi connectivity index (χ3n) is 6.47. The fraction of sp³-hybridized carbons (Fsp3) is 0.462. The van der Waals surface area contributed by atoms with Crippen LogP contribution in [0.1, 0.15) is 69.2 Å². The van der Waals surface area contributed by atoms with E-state index < -0.39 is 6.10 Å². The molecule has 5 heteroatoms. The Hall–Kier alpha value is -2.66. The van der Waals surface area contributed by atoms with E-state index in [2.05, 4.69) is 47.6 Å². The van der Waals surface area contributed by atoms with E-state index in [1.54, 1.807) is 0 Å². The van der Waals surface area contributed by atoms with Gasteiger partial charge in [0.1, 0.15) is 18.5 Å². The van der Waals surface area contributed by atoms with Crippen LogP contribution in [-0.2, 0) is 11.3 Å². The number of amides is 1. The Morgan fingerprint density at radius 1 is 1.03 bits per heavy atom. The maximum Gasteiger partial charge on any atom is 0.243 e. The van der Waals surface area contributed by atoms with Crippen molar-refractivity contribution in [1.82, 2.24) is 14.5 Å². The van der Waals surface area contributed by atoms with Gasteiger partial charge in [0.05, 0.1) is 11.0 Å². The molecule has 1 N–H and O–H groups in total. The predicted octanol–water partition coefficient (Wildman–Crippen LogP) is 5.16. The van der Waals surface area contributed by atoms with E-state index in [0.717, 1.165) is 40.6 Å². The first-order chi connectivity index (χ1) is 14.8. The number of carbonyl (C=O) groups is 1. The standard InChI is InChI=1S/C26H35N3O2/c1-7-19(5)29(20(6)8-2)24(30)16-28-23-15-18(4)17(3)14-22(23)27-26(28)25(31)21-12-10-9-11-13-21/h9-15,19-20,25,31H,7-8,16H2,1-6H3. The first-order valence-electron chi connectivity index (χ1n) is 11.3. The van der Waals surface area contributed by atoms with Gasteiger partial charge in [0.15, 0.2) is 0 Å². The molecular formula is C26H35N3O2. The lowest BCUT2D eigenvalue weighted by Gasteiger charge is -2.34. The monoisotopic (exact) mass is 421 g/mol. The number of aliphatic hydroxyl groups excluding tert-OH is 1. The molecule has 3 atom stereocenters. The Bertz CT molecular complexity index is 1030. The van der Waals surface area contributed by atoms with Crippen LogP contribution in [0.4, 0.5) is 0 Å². The number of aliphatic hydroxyl groups is 1. The summed E-state index contributed by atoms with van der Waals surface area (Å²) in [6, 6.07) is 13.9. The number of aryl methyl sites for hydroxylation is 2. The summed E-state index contributed by atoms with van der Waals surface area (Å²) >= 11 is 0. The highest BCUT2D eigenvalue weighted by Crippen LogP contribution is 2.28. The number of nitrogens with zero attached hydrogens (tertiary/aromatic N) is 3. The zero-order chi connectivity index (χ0) is 22.7. The van der Waals surface area contributed by atoms with Gasteiger partial charge in [-0.15, -0.1) is 0 Å². The quantitative estimate of drug-likeness (QED) is 0.546. The van der Waals surface area contributed by atoms with Crippen molar-refractivity contribution in [3.05, 3.63) is 65.0 Å². The summed E-state index contributed by atoms with van der Waals surface area (Å²) in [4.78, 5) is 20.3. The molecule has 0 spiro atoms. The van der Waals surface area contributed by atoms with Crippen LogP contribution >= 0.6 is 0 Å². The molecule has 166 valence electrons. The van der Waals surface area contributed by atoms with Crippen LogP contribution in [0.3, 0.4) is 0 Å². The number of rotatable bonds is 8. The molecule has 3 unspecified atom stereocenters. The number of fused-ring (bicyclic) bond motifs is 1. The summed E-state index contributed by atoms with van der Waals surface area (Å²) in [5, 5.41) is 11.2. The van der Waals surface area contributed by atoms with E-state index in [9.17, 15) is 9.90 Å². The highest BCUT2D eigenvalue weighted by Gasteiger charge is 2.27. The van der Waals surface area contributed by atoms with Crippen LogP contribution in [0.15, 0.2) is 42.5 Å². The van der Waals surface area contributed by atoms with Crippen molar-refractivity contribution in [2.45, 2.75) is 79.1 Å². The number of carbonyl (C=O) groups excluding carboxylic acids is 1. The summed E-state index contributed by atoms with van der Waals surface area (Å²) in [5.74, 6) is 0.565. The minimum absolute atomic E-state index is 0.0581. The van der Waals surface area contributed by atoms with Gasteiger partial charge in [-0.3, -0.25) is 4.79 Å². The molecule has 1 heterocycles. The topological polar surface area (TPSA) is 58.4 Å². The van der Waals surface area contributed by atoms with E-state index in [0.29, 0.717) is 5.82 Å². The SMILES string of the molecule is CCC(C)N(C(=O)Cn1c(C(O)c2ccccc2)nc2cc(C)c(C)cc21)C(C)CC. The molecule has 2 aromatic carbocycles. The van der Waals surface area contributed by atoms with Gasteiger partial charge in [-0.05, 0) is 69.4 Å². The highest BCUT2D eigenvalue weighted by molar-refractivity contribution is 5.82. The normalized spacial score (nSPS) is 14.4. The van der Waals surface area contributed by atoms with Crippen LogP contribution in [0.2, 0.25) is 0 Å². The van der Waals surface area contributed by atoms with E-state index >= 15 is 0 Å². The third-order valence-corrected chi connectivity index (χ3v) is 6.47. The second-order valence-electron chi connectivity index (χ2n) is 8.61. The van der Waals surface area contributed by atoms with Crippen LogP contribution in [0, 0.1) is 13.8 Å². The van der Waals surface area contributed by atoms with Crippen molar-refractivity contribution in [3.63, 3.8) is 0 Å². The van der Waals surface area contributed by atoms with Crippen molar-refractivity contribution in [2.75, 3.05) is 0 Å². The molecule has 31 heavy (non-hydrogen) atoms. The summed E-state index contributed by atoms with van der Waals surface area (Å²) in [5.41, 5.74) is 4.74. The lowest BCUT2D eigenvalue weighted by Crippen LogP contribution is -2.46. The van der Waals surface area contributed by atoms with E-state index in [1.165, 1.54) is 0 Å². The molecule has 1 amide bonds. The largest absolute Gasteiger partial charge is 0.380 e. The fourth-order valence-corrected chi connectivity index (χ4v) is 4.09. The van der Waals surface area contributed by atoms with Gasteiger partial charge in [-0.1, -0.05) is 44.2 Å². The van der Waals surface area contributed by atoms with Gasteiger partial charge in [0.2, 0.25) is 5.91 Å². The van der Waals surface area contributed by atoms with E-state index in [1.807, 2.05) is 45.9 Å². The van der Waals surface area contributed by atoms with Crippen molar-refractivity contribution < 1.29 is 9.90 Å². The van der Waals surface area contributed by atoms with Crippen LogP contribution in [0.5, 0.6) is 0 Å². The Morgan fingerprint density at radius 2 is 1.61 bits per heavy atom. The number of hydrogen-bond acceptors (Lipinski definition) is 3. The number of benzene rings is 2. The second-order valence-corrected chi connectivity index (χ2v) is 8.61. The molecule has 1 aromatic heterocycles. The lowest BCUT2D eigenvalue weighted by atomic mass is 10.1. The zero-order valence-electron chi connectivity index (χ0n) is 19.6. The lowest BCUT2D eigenvalue weighted by molar-refractivity contribution is -0.136. The molecule has 5 nitrogen and oxygen atoms in total. The maximum atomic E-state index is 13.5. The van der Waals surface area contributed by atoms with Crippen LogP contribution in [0.25, 0.3) is 11.0 Å². The van der Waals surface area contributed by atoms with Crippen molar-refractivity contribution in [1.29, 1.82) is 0 Å². The predicted molar refractivity (Wildman–Crippen MR) is 126 cm³/mol. The average Bonchev–Trinajstić information content (AvgIpc) is 3.10. The summed E-state index contributed by atoms with van der Waals surface area (Å²) < 4.78 is 1.90. The zero-order valence-corrected chi connectivity index (χ0v) is 19.6. The molecule has 0 radical (unpaired) electrons.